The lowest BCUT2D eigenvalue weighted by atomic mass is 10.1. The second-order valence-corrected chi connectivity index (χ2v) is 4.99. The Morgan fingerprint density at radius 2 is 2.28 bits per heavy atom. The Hall–Kier alpha value is -1.57. The van der Waals surface area contributed by atoms with Crippen LogP contribution in [0.1, 0.15) is 25.0 Å². The van der Waals surface area contributed by atoms with Gasteiger partial charge in [0.1, 0.15) is 12.2 Å². The van der Waals surface area contributed by atoms with Crippen molar-refractivity contribution in [2.75, 3.05) is 18.5 Å². The fourth-order valence-corrected chi connectivity index (χ4v) is 1.99. The average molecular weight is 246 g/mol. The van der Waals surface area contributed by atoms with E-state index in [0.717, 1.165) is 11.3 Å². The molecule has 1 aromatic carbocycles. The number of aryl methyl sites for hydroxylation is 1. The molecule has 18 heavy (non-hydrogen) atoms. The number of ether oxygens (including phenoxy) is 2. The molecule has 2 rings (SSSR count). The van der Waals surface area contributed by atoms with Crippen LogP contribution in [0.15, 0.2) is 18.2 Å². The number of hydrogen-bond acceptors (Lipinski definition) is 4. The number of rotatable bonds is 3. The van der Waals surface area contributed by atoms with Crippen molar-refractivity contribution in [3.8, 4) is 6.07 Å². The minimum absolute atomic E-state index is 0.0204. The Kier molecular flexibility index (Phi) is 3.55. The summed E-state index contributed by atoms with van der Waals surface area (Å²) in [6, 6.07) is 7.91. The van der Waals surface area contributed by atoms with E-state index in [1.807, 2.05) is 39.0 Å². The van der Waals surface area contributed by atoms with Crippen molar-refractivity contribution in [2.45, 2.75) is 32.7 Å². The van der Waals surface area contributed by atoms with Gasteiger partial charge in [-0.05, 0) is 38.5 Å². The van der Waals surface area contributed by atoms with Crippen LogP contribution in [0.25, 0.3) is 0 Å². The highest BCUT2D eigenvalue weighted by Gasteiger charge is 2.32. The molecule has 1 heterocycles. The summed E-state index contributed by atoms with van der Waals surface area (Å²) >= 11 is 0. The van der Waals surface area contributed by atoms with Gasteiger partial charge >= 0.3 is 0 Å². The zero-order chi connectivity index (χ0) is 13.2. The van der Waals surface area contributed by atoms with E-state index >= 15 is 0 Å². The molecule has 1 atom stereocenters. The molecule has 1 unspecified atom stereocenters. The van der Waals surface area contributed by atoms with Crippen LogP contribution >= 0.6 is 0 Å². The monoisotopic (exact) mass is 246 g/mol. The van der Waals surface area contributed by atoms with Gasteiger partial charge in [-0.2, -0.15) is 5.26 Å². The largest absolute Gasteiger partial charge is 0.381 e. The second-order valence-electron chi connectivity index (χ2n) is 4.99. The fourth-order valence-electron chi connectivity index (χ4n) is 1.99. The van der Waals surface area contributed by atoms with Crippen molar-refractivity contribution >= 4 is 5.69 Å². The zero-order valence-corrected chi connectivity index (χ0v) is 11.0. The summed E-state index contributed by atoms with van der Waals surface area (Å²) in [4.78, 5) is 0. The van der Waals surface area contributed by atoms with E-state index in [2.05, 4.69) is 11.4 Å². The molecule has 96 valence electrons. The third kappa shape index (κ3) is 3.00. The standard InChI is InChI=1S/C14H18N2O2/c1-10-4-5-11(7-15)13(6-10)16-8-12-9-17-14(2,3)18-12/h4-6,12,16H,8-9H2,1-3H3. The highest BCUT2D eigenvalue weighted by molar-refractivity contribution is 5.58. The lowest BCUT2D eigenvalue weighted by Gasteiger charge is -2.18. The van der Waals surface area contributed by atoms with Crippen molar-refractivity contribution < 1.29 is 9.47 Å². The summed E-state index contributed by atoms with van der Waals surface area (Å²) in [7, 11) is 0. The molecule has 0 bridgehead atoms. The summed E-state index contributed by atoms with van der Waals surface area (Å²) in [6.07, 6.45) is 0.0204. The van der Waals surface area contributed by atoms with Crippen LogP contribution in [0, 0.1) is 18.3 Å². The molecule has 0 aromatic heterocycles. The highest BCUT2D eigenvalue weighted by atomic mass is 16.7. The van der Waals surface area contributed by atoms with Crippen molar-refractivity contribution in [1.82, 2.24) is 0 Å². The normalized spacial score (nSPS) is 21.6. The first-order valence-corrected chi connectivity index (χ1v) is 6.06. The van der Waals surface area contributed by atoms with E-state index in [1.54, 1.807) is 0 Å². The molecule has 1 N–H and O–H groups in total. The van der Waals surface area contributed by atoms with E-state index < -0.39 is 5.79 Å². The number of nitrogens with zero attached hydrogens (tertiary/aromatic N) is 1. The van der Waals surface area contributed by atoms with Crippen LogP contribution in [0.5, 0.6) is 0 Å². The maximum Gasteiger partial charge on any atom is 0.163 e. The van der Waals surface area contributed by atoms with Crippen LogP contribution in [0.2, 0.25) is 0 Å². The maximum atomic E-state index is 9.04. The molecule has 1 aliphatic heterocycles. The van der Waals surface area contributed by atoms with Crippen molar-refractivity contribution in [1.29, 1.82) is 5.26 Å². The molecule has 0 spiro atoms. The van der Waals surface area contributed by atoms with Crippen LogP contribution in [0.4, 0.5) is 5.69 Å². The third-order valence-corrected chi connectivity index (χ3v) is 2.88. The maximum absolute atomic E-state index is 9.04. The summed E-state index contributed by atoms with van der Waals surface area (Å²) < 4.78 is 11.2. The van der Waals surface area contributed by atoms with Gasteiger partial charge in [0.15, 0.2) is 5.79 Å². The number of anilines is 1. The van der Waals surface area contributed by atoms with Crippen molar-refractivity contribution in [3.05, 3.63) is 29.3 Å². The highest BCUT2D eigenvalue weighted by Crippen LogP contribution is 2.23. The molecule has 0 saturated carbocycles. The predicted octanol–water partition coefficient (Wildman–Crippen LogP) is 2.43. The van der Waals surface area contributed by atoms with E-state index in [9.17, 15) is 0 Å². The summed E-state index contributed by atoms with van der Waals surface area (Å²) in [5.41, 5.74) is 2.63. The smallest absolute Gasteiger partial charge is 0.163 e. The lowest BCUT2D eigenvalue weighted by molar-refractivity contribution is -0.136. The minimum Gasteiger partial charge on any atom is -0.381 e. The van der Waals surface area contributed by atoms with Gasteiger partial charge in [-0.25, -0.2) is 0 Å². The predicted molar refractivity (Wildman–Crippen MR) is 69.3 cm³/mol. The van der Waals surface area contributed by atoms with E-state index in [1.165, 1.54) is 0 Å². The molecule has 4 nitrogen and oxygen atoms in total. The fraction of sp³-hybridized carbons (Fsp3) is 0.500. The topological polar surface area (TPSA) is 54.3 Å². The van der Waals surface area contributed by atoms with E-state index in [4.69, 9.17) is 14.7 Å². The number of nitrogens with one attached hydrogen (secondary N) is 1. The van der Waals surface area contributed by atoms with Crippen LogP contribution in [0.3, 0.4) is 0 Å². The van der Waals surface area contributed by atoms with Crippen molar-refractivity contribution in [2.24, 2.45) is 0 Å². The summed E-state index contributed by atoms with van der Waals surface area (Å²) in [5, 5.41) is 12.3. The molecule has 0 aliphatic carbocycles. The first kappa shape index (κ1) is 12.9. The first-order valence-electron chi connectivity index (χ1n) is 6.06. The summed E-state index contributed by atoms with van der Waals surface area (Å²) in [5.74, 6) is -0.503. The third-order valence-electron chi connectivity index (χ3n) is 2.88. The lowest BCUT2D eigenvalue weighted by Crippen LogP contribution is -2.26. The molecule has 1 aliphatic rings. The van der Waals surface area contributed by atoms with Crippen LogP contribution in [-0.4, -0.2) is 25.0 Å². The molecule has 0 radical (unpaired) electrons. The molecule has 1 aromatic rings. The molecule has 4 heteroatoms. The van der Waals surface area contributed by atoms with Crippen LogP contribution < -0.4 is 5.32 Å². The average Bonchev–Trinajstić information content (AvgIpc) is 2.66. The van der Waals surface area contributed by atoms with Gasteiger partial charge in [0.05, 0.1) is 17.9 Å². The zero-order valence-electron chi connectivity index (χ0n) is 11.0. The first-order chi connectivity index (χ1) is 8.50. The van der Waals surface area contributed by atoms with Crippen LogP contribution in [-0.2, 0) is 9.47 Å². The quantitative estimate of drug-likeness (QED) is 0.890. The molecule has 1 fully saturated rings. The van der Waals surface area contributed by atoms with E-state index in [-0.39, 0.29) is 6.10 Å². The molecule has 0 amide bonds. The molecule has 1 saturated heterocycles. The SMILES string of the molecule is Cc1ccc(C#N)c(NCC2COC(C)(C)O2)c1. The van der Waals surface area contributed by atoms with Gasteiger partial charge in [-0.15, -0.1) is 0 Å². The second kappa shape index (κ2) is 4.97. The van der Waals surface area contributed by atoms with Gasteiger partial charge in [0, 0.05) is 6.54 Å². The Bertz CT molecular complexity index is 477. The molecular weight excluding hydrogens is 228 g/mol. The Morgan fingerprint density at radius 3 is 2.89 bits per heavy atom. The van der Waals surface area contributed by atoms with Gasteiger partial charge in [-0.1, -0.05) is 6.07 Å². The Morgan fingerprint density at radius 1 is 1.50 bits per heavy atom. The van der Waals surface area contributed by atoms with Gasteiger partial charge in [-0.3, -0.25) is 0 Å². The van der Waals surface area contributed by atoms with Gasteiger partial charge in [0.25, 0.3) is 0 Å². The Balaban J connectivity index is 1.99. The number of nitriles is 1. The minimum atomic E-state index is -0.503. The Labute approximate surface area is 108 Å². The van der Waals surface area contributed by atoms with E-state index in [0.29, 0.717) is 18.7 Å². The number of hydrogen-bond donors (Lipinski definition) is 1. The number of benzene rings is 1. The summed E-state index contributed by atoms with van der Waals surface area (Å²) in [6.45, 7) is 7.03. The van der Waals surface area contributed by atoms with Gasteiger partial charge in [0.2, 0.25) is 0 Å². The van der Waals surface area contributed by atoms with Crippen molar-refractivity contribution in [3.63, 3.8) is 0 Å². The molecular formula is C14H18N2O2. The van der Waals surface area contributed by atoms with Gasteiger partial charge < -0.3 is 14.8 Å².